The highest BCUT2D eigenvalue weighted by Crippen LogP contribution is 2.40. The average molecular weight is 402 g/mol. The summed E-state index contributed by atoms with van der Waals surface area (Å²) >= 11 is 0. The summed E-state index contributed by atoms with van der Waals surface area (Å²) < 4.78 is 1.27. The molecule has 1 aromatic carbocycles. The maximum atomic E-state index is 12.8. The second-order valence-electron chi connectivity index (χ2n) is 8.92. The first-order chi connectivity index (χ1) is 13.7. The zero-order valence-electron chi connectivity index (χ0n) is 17.0. The number of carbonyl (C=O) groups is 1. The predicted molar refractivity (Wildman–Crippen MR) is 111 cm³/mol. The number of aliphatic hydroxyl groups excluding tert-OH is 2. The van der Waals surface area contributed by atoms with E-state index in [1.54, 1.807) is 24.3 Å². The van der Waals surface area contributed by atoms with Crippen LogP contribution in [0.2, 0.25) is 0 Å². The molecule has 0 saturated heterocycles. The number of nitrogens with zero attached hydrogens (tertiary/aromatic N) is 1. The summed E-state index contributed by atoms with van der Waals surface area (Å²) in [6.45, 7) is 3.69. The summed E-state index contributed by atoms with van der Waals surface area (Å²) in [7, 11) is 0. The van der Waals surface area contributed by atoms with Crippen LogP contribution in [0.5, 0.6) is 0 Å². The molecule has 0 spiro atoms. The minimum absolute atomic E-state index is 0.0399. The number of hydrogen-bond acceptors (Lipinski definition) is 5. The molecule has 1 aliphatic rings. The van der Waals surface area contributed by atoms with Gasteiger partial charge in [0, 0.05) is 29.1 Å². The maximum Gasteiger partial charge on any atom is 0.258 e. The fourth-order valence-electron chi connectivity index (χ4n) is 4.47. The van der Waals surface area contributed by atoms with Gasteiger partial charge in [0.1, 0.15) is 0 Å². The normalized spacial score (nSPS) is 21.4. The van der Waals surface area contributed by atoms with Gasteiger partial charge in [-0.15, -0.1) is 0 Å². The zero-order valence-corrected chi connectivity index (χ0v) is 17.0. The summed E-state index contributed by atoms with van der Waals surface area (Å²) in [5.41, 5.74) is -0.907. The van der Waals surface area contributed by atoms with Crippen LogP contribution in [0.3, 0.4) is 0 Å². The Balaban J connectivity index is 1.85. The van der Waals surface area contributed by atoms with E-state index in [0.717, 1.165) is 12.8 Å². The molecule has 1 aliphatic carbocycles. The Bertz CT molecular complexity index is 948. The molecular weight excluding hydrogens is 372 g/mol. The monoisotopic (exact) mass is 402 g/mol. The number of aromatic nitrogens is 1. The third kappa shape index (κ3) is 4.52. The van der Waals surface area contributed by atoms with Gasteiger partial charge in [-0.25, -0.2) is 0 Å². The quantitative estimate of drug-likeness (QED) is 0.586. The van der Waals surface area contributed by atoms with Crippen molar-refractivity contribution in [2.24, 2.45) is 5.41 Å². The van der Waals surface area contributed by atoms with Gasteiger partial charge in [-0.05, 0) is 49.3 Å². The van der Waals surface area contributed by atoms with Crippen LogP contribution in [0.25, 0.3) is 10.8 Å². The first-order valence-electron chi connectivity index (χ1n) is 10.1. The average Bonchev–Trinajstić information content (AvgIpc) is 2.67. The van der Waals surface area contributed by atoms with Crippen molar-refractivity contribution in [3.8, 4) is 0 Å². The highest BCUT2D eigenvalue weighted by atomic mass is 16.3. The predicted octanol–water partition coefficient (Wildman–Crippen LogP) is 1.59. The minimum atomic E-state index is -0.926. The number of hydrogen-bond donors (Lipinski definition) is 4. The first-order valence-corrected chi connectivity index (χ1v) is 10.1. The van der Waals surface area contributed by atoms with Crippen molar-refractivity contribution in [1.82, 2.24) is 9.88 Å². The highest BCUT2D eigenvalue weighted by molar-refractivity contribution is 6.06. The maximum absolute atomic E-state index is 12.8. The zero-order chi connectivity index (χ0) is 21.2. The SMILES string of the molecule is CC1(C)CCCC(O)(CNC(=O)c2cccc3c(=O)n(C(CO)CO)ccc23)C1. The van der Waals surface area contributed by atoms with E-state index in [1.165, 1.54) is 10.8 Å². The number of carbonyl (C=O) groups excluding carboxylic acids is 1. The summed E-state index contributed by atoms with van der Waals surface area (Å²) in [6.07, 6.45) is 4.74. The van der Waals surface area contributed by atoms with Gasteiger partial charge in [0.2, 0.25) is 0 Å². The molecule has 1 amide bonds. The number of aliphatic hydroxyl groups is 3. The molecule has 1 heterocycles. The molecule has 3 rings (SSSR count). The first kappa shape index (κ1) is 21.5. The van der Waals surface area contributed by atoms with Crippen LogP contribution < -0.4 is 10.9 Å². The number of rotatable bonds is 6. The van der Waals surface area contributed by atoms with E-state index in [0.29, 0.717) is 29.2 Å². The third-order valence-corrected chi connectivity index (χ3v) is 5.91. The number of benzene rings is 1. The van der Waals surface area contributed by atoms with Crippen molar-refractivity contribution in [3.05, 3.63) is 46.4 Å². The number of nitrogens with one attached hydrogen (secondary N) is 1. The lowest BCUT2D eigenvalue weighted by Gasteiger charge is -2.41. The molecule has 2 aromatic rings. The molecule has 7 nitrogen and oxygen atoms in total. The minimum Gasteiger partial charge on any atom is -0.394 e. The molecule has 0 radical (unpaired) electrons. The number of amides is 1. The molecule has 1 fully saturated rings. The summed E-state index contributed by atoms with van der Waals surface area (Å²) in [4.78, 5) is 25.6. The van der Waals surface area contributed by atoms with Gasteiger partial charge >= 0.3 is 0 Å². The molecular formula is C22H30N2O5. The Hall–Kier alpha value is -2.22. The number of pyridine rings is 1. The van der Waals surface area contributed by atoms with E-state index in [-0.39, 0.29) is 36.6 Å². The fourth-order valence-corrected chi connectivity index (χ4v) is 4.47. The van der Waals surface area contributed by atoms with Crippen molar-refractivity contribution >= 4 is 16.7 Å². The van der Waals surface area contributed by atoms with Crippen molar-refractivity contribution in [1.29, 1.82) is 0 Å². The van der Waals surface area contributed by atoms with E-state index in [2.05, 4.69) is 19.2 Å². The van der Waals surface area contributed by atoms with Gasteiger partial charge in [0.05, 0.1) is 24.9 Å². The third-order valence-electron chi connectivity index (χ3n) is 5.91. The molecule has 1 aromatic heterocycles. The van der Waals surface area contributed by atoms with Crippen molar-refractivity contribution in [2.75, 3.05) is 19.8 Å². The van der Waals surface area contributed by atoms with Crippen molar-refractivity contribution in [3.63, 3.8) is 0 Å². The molecule has 29 heavy (non-hydrogen) atoms. The molecule has 158 valence electrons. The molecule has 4 N–H and O–H groups in total. The van der Waals surface area contributed by atoms with Crippen molar-refractivity contribution in [2.45, 2.75) is 51.2 Å². The van der Waals surface area contributed by atoms with Crippen LogP contribution >= 0.6 is 0 Å². The Kier molecular flexibility index (Phi) is 6.12. The Morgan fingerprint density at radius 1 is 1.17 bits per heavy atom. The van der Waals surface area contributed by atoms with Crippen LogP contribution in [0.4, 0.5) is 0 Å². The van der Waals surface area contributed by atoms with Gasteiger partial charge in [0.25, 0.3) is 11.5 Å². The molecule has 1 atom stereocenters. The molecule has 1 unspecified atom stereocenters. The standard InChI is InChI=1S/C22H30N2O5/c1-21(2)8-4-9-22(29,13-21)14-23-19(27)17-5-3-6-18-16(17)7-10-24(20(18)28)15(11-25)12-26/h3,5-7,10,15,25-26,29H,4,8-9,11-14H2,1-2H3,(H,23,27). The van der Waals surface area contributed by atoms with E-state index in [1.807, 2.05) is 0 Å². The summed E-state index contributed by atoms with van der Waals surface area (Å²) in [6, 6.07) is 5.81. The Morgan fingerprint density at radius 2 is 1.90 bits per heavy atom. The smallest absolute Gasteiger partial charge is 0.258 e. The van der Waals surface area contributed by atoms with Gasteiger partial charge in [0.15, 0.2) is 0 Å². The second-order valence-corrected chi connectivity index (χ2v) is 8.92. The van der Waals surface area contributed by atoms with Gasteiger partial charge in [-0.2, -0.15) is 0 Å². The molecule has 0 aliphatic heterocycles. The van der Waals surface area contributed by atoms with E-state index in [9.17, 15) is 24.9 Å². The lowest BCUT2D eigenvalue weighted by Crippen LogP contribution is -2.48. The highest BCUT2D eigenvalue weighted by Gasteiger charge is 2.38. The Labute approximate surface area is 170 Å². The van der Waals surface area contributed by atoms with Crippen LogP contribution in [-0.2, 0) is 0 Å². The second kappa shape index (κ2) is 8.26. The largest absolute Gasteiger partial charge is 0.394 e. The van der Waals surface area contributed by atoms with E-state index >= 15 is 0 Å². The number of fused-ring (bicyclic) bond motifs is 1. The Morgan fingerprint density at radius 3 is 2.55 bits per heavy atom. The van der Waals surface area contributed by atoms with Gasteiger partial charge < -0.3 is 25.2 Å². The van der Waals surface area contributed by atoms with Gasteiger partial charge in [-0.3, -0.25) is 9.59 Å². The van der Waals surface area contributed by atoms with E-state index < -0.39 is 11.6 Å². The topological polar surface area (TPSA) is 112 Å². The summed E-state index contributed by atoms with van der Waals surface area (Å²) in [5, 5.41) is 33.3. The van der Waals surface area contributed by atoms with Crippen LogP contribution in [-0.4, -0.2) is 51.2 Å². The molecule has 0 bridgehead atoms. The lowest BCUT2D eigenvalue weighted by molar-refractivity contribution is -0.0361. The lowest BCUT2D eigenvalue weighted by atomic mass is 9.70. The van der Waals surface area contributed by atoms with Crippen LogP contribution in [0.15, 0.2) is 35.3 Å². The van der Waals surface area contributed by atoms with Crippen molar-refractivity contribution < 1.29 is 20.1 Å². The fraction of sp³-hybridized carbons (Fsp3) is 0.545. The van der Waals surface area contributed by atoms with Crippen LogP contribution in [0, 0.1) is 5.41 Å². The molecule has 1 saturated carbocycles. The molecule has 7 heteroatoms. The summed E-state index contributed by atoms with van der Waals surface area (Å²) in [5.74, 6) is -0.342. The van der Waals surface area contributed by atoms with Crippen LogP contribution in [0.1, 0.15) is 55.9 Å². The van der Waals surface area contributed by atoms with E-state index in [4.69, 9.17) is 0 Å². The van der Waals surface area contributed by atoms with Gasteiger partial charge in [-0.1, -0.05) is 19.9 Å².